The molecule has 3 nitrogen and oxygen atoms in total. The van der Waals surface area contributed by atoms with Crippen LogP contribution in [0, 0.1) is 17.1 Å². The second-order valence-electron chi connectivity index (χ2n) is 7.13. The summed E-state index contributed by atoms with van der Waals surface area (Å²) in [5, 5.41) is 19.3. The molecular formula is C19H11F6NO2. The van der Waals surface area contributed by atoms with Gasteiger partial charge in [0.15, 0.2) is 5.60 Å². The van der Waals surface area contributed by atoms with Gasteiger partial charge in [0.05, 0.1) is 11.6 Å². The van der Waals surface area contributed by atoms with Crippen LogP contribution in [-0.4, -0.2) is 11.0 Å². The third-order valence-electron chi connectivity index (χ3n) is 5.17. The van der Waals surface area contributed by atoms with E-state index in [1.54, 1.807) is 6.07 Å². The van der Waals surface area contributed by atoms with E-state index in [1.165, 1.54) is 0 Å². The van der Waals surface area contributed by atoms with Crippen molar-refractivity contribution in [3.63, 3.8) is 0 Å². The fourth-order valence-corrected chi connectivity index (χ4v) is 4.04. The largest absolute Gasteiger partial charge is 0.457 e. The smallest absolute Gasteiger partial charge is 0.346 e. The zero-order chi connectivity index (χ0) is 20.7. The van der Waals surface area contributed by atoms with Gasteiger partial charge in [0, 0.05) is 29.2 Å². The van der Waals surface area contributed by atoms with Gasteiger partial charge < -0.3 is 9.84 Å². The molecule has 2 aromatic carbocycles. The molecule has 0 amide bonds. The Morgan fingerprint density at radius 2 is 1.75 bits per heavy atom. The van der Waals surface area contributed by atoms with E-state index in [1.807, 2.05) is 0 Å². The third kappa shape index (κ3) is 2.09. The van der Waals surface area contributed by atoms with Gasteiger partial charge in [0.1, 0.15) is 23.0 Å². The topological polar surface area (TPSA) is 53.2 Å². The lowest BCUT2D eigenvalue weighted by atomic mass is 9.91. The monoisotopic (exact) mass is 399 g/mol. The van der Waals surface area contributed by atoms with Crippen molar-refractivity contribution in [3.8, 4) is 17.6 Å². The maximum Gasteiger partial charge on any atom is 0.346 e. The van der Waals surface area contributed by atoms with Crippen LogP contribution in [0.4, 0.5) is 26.3 Å². The molecule has 0 heterocycles. The Morgan fingerprint density at radius 3 is 2.39 bits per heavy atom. The second kappa shape index (κ2) is 5.20. The Labute approximate surface area is 154 Å². The van der Waals surface area contributed by atoms with Gasteiger partial charge in [-0.1, -0.05) is 0 Å². The lowest BCUT2D eigenvalue weighted by Gasteiger charge is -2.31. The van der Waals surface area contributed by atoms with Crippen LogP contribution in [0.5, 0.6) is 11.5 Å². The maximum atomic E-state index is 15.2. The molecule has 2 unspecified atom stereocenters. The third-order valence-corrected chi connectivity index (χ3v) is 5.17. The molecular weight excluding hydrogens is 388 g/mol. The minimum atomic E-state index is -4.92. The summed E-state index contributed by atoms with van der Waals surface area (Å²) in [6.45, 7) is 0.867. The molecule has 0 aliphatic heterocycles. The van der Waals surface area contributed by atoms with Gasteiger partial charge in [-0.25, -0.2) is 8.78 Å². The van der Waals surface area contributed by atoms with Crippen molar-refractivity contribution in [2.24, 2.45) is 0 Å². The van der Waals surface area contributed by atoms with Gasteiger partial charge in [0.25, 0.3) is 0 Å². The molecule has 2 aliphatic carbocycles. The number of hydrogen-bond acceptors (Lipinski definition) is 3. The van der Waals surface area contributed by atoms with E-state index in [4.69, 9.17) is 10.00 Å². The first-order valence-electron chi connectivity index (χ1n) is 8.09. The lowest BCUT2D eigenvalue weighted by molar-refractivity contribution is -0.290. The molecule has 0 radical (unpaired) electrons. The van der Waals surface area contributed by atoms with Crippen LogP contribution in [0.1, 0.15) is 35.6 Å². The van der Waals surface area contributed by atoms with Crippen LogP contribution in [-0.2, 0) is 17.2 Å². The fourth-order valence-electron chi connectivity index (χ4n) is 4.04. The highest BCUT2D eigenvalue weighted by Gasteiger charge is 2.80. The molecule has 0 fully saturated rings. The molecule has 2 atom stereocenters. The van der Waals surface area contributed by atoms with E-state index in [9.17, 15) is 27.1 Å². The van der Waals surface area contributed by atoms with E-state index >= 15 is 4.39 Å². The zero-order valence-electron chi connectivity index (χ0n) is 14.2. The van der Waals surface area contributed by atoms with E-state index in [2.05, 4.69) is 0 Å². The molecule has 2 aromatic rings. The first kappa shape index (κ1) is 18.6. The standard InChI is InChI=1S/C19H11F6NO2/c1-16(21)8-17(27)14-12(18(22,23)19(17,24)25)2-3-13(15(14)16)28-11-5-9(7-26)4-10(20)6-11/h2-6,27H,8H2,1H3. The van der Waals surface area contributed by atoms with Gasteiger partial charge in [-0.2, -0.15) is 22.8 Å². The van der Waals surface area contributed by atoms with Crippen molar-refractivity contribution in [2.45, 2.75) is 36.5 Å². The molecule has 28 heavy (non-hydrogen) atoms. The Bertz CT molecular complexity index is 1060. The van der Waals surface area contributed by atoms with Crippen molar-refractivity contribution in [1.82, 2.24) is 0 Å². The zero-order valence-corrected chi connectivity index (χ0v) is 14.2. The Morgan fingerprint density at radius 1 is 1.07 bits per heavy atom. The number of halogens is 6. The highest BCUT2D eigenvalue weighted by Crippen LogP contribution is 2.69. The number of ether oxygens (including phenoxy) is 1. The van der Waals surface area contributed by atoms with Crippen molar-refractivity contribution in [1.29, 1.82) is 5.26 Å². The summed E-state index contributed by atoms with van der Waals surface area (Å²) in [6.07, 6.45) is -1.29. The van der Waals surface area contributed by atoms with Crippen molar-refractivity contribution >= 4 is 0 Å². The highest BCUT2D eigenvalue weighted by molar-refractivity contribution is 5.62. The molecule has 1 N–H and O–H groups in total. The van der Waals surface area contributed by atoms with Crippen LogP contribution >= 0.6 is 0 Å². The highest BCUT2D eigenvalue weighted by atomic mass is 19.3. The van der Waals surface area contributed by atoms with Gasteiger partial charge in [-0.3, -0.25) is 0 Å². The van der Waals surface area contributed by atoms with Gasteiger partial charge in [0.2, 0.25) is 0 Å². The van der Waals surface area contributed by atoms with Gasteiger partial charge >= 0.3 is 11.8 Å². The summed E-state index contributed by atoms with van der Waals surface area (Å²) in [7, 11) is 0. The number of nitrogens with zero attached hydrogens (tertiary/aromatic N) is 1. The molecule has 0 saturated carbocycles. The van der Waals surface area contributed by atoms with Crippen LogP contribution in [0.25, 0.3) is 0 Å². The summed E-state index contributed by atoms with van der Waals surface area (Å²) in [5.41, 5.74) is -8.88. The maximum absolute atomic E-state index is 15.2. The minimum Gasteiger partial charge on any atom is -0.457 e. The SMILES string of the molecule is CC1(F)CC2(O)c3c(ccc(Oc4cc(F)cc(C#N)c4)c31)C(F)(F)C2(F)F. The number of benzene rings is 2. The lowest BCUT2D eigenvalue weighted by Crippen LogP contribution is -2.49. The molecule has 0 spiro atoms. The number of hydrogen-bond donors (Lipinski definition) is 1. The number of nitriles is 1. The second-order valence-corrected chi connectivity index (χ2v) is 7.13. The Balaban J connectivity index is 1.93. The fraction of sp³-hybridized carbons (Fsp3) is 0.316. The van der Waals surface area contributed by atoms with E-state index < -0.39 is 57.8 Å². The summed E-state index contributed by atoms with van der Waals surface area (Å²) < 4.78 is 91.3. The first-order valence-corrected chi connectivity index (χ1v) is 8.09. The predicted octanol–water partition coefficient (Wildman–Crippen LogP) is 5.01. The van der Waals surface area contributed by atoms with E-state index in [0.29, 0.717) is 6.07 Å². The van der Waals surface area contributed by atoms with E-state index in [0.717, 1.165) is 31.2 Å². The normalized spacial score (nSPS) is 28.7. The number of rotatable bonds is 2. The average Bonchev–Trinajstić information content (AvgIpc) is 2.87. The molecule has 9 heteroatoms. The molecule has 2 aliphatic rings. The van der Waals surface area contributed by atoms with Crippen molar-refractivity contribution in [3.05, 3.63) is 58.4 Å². The van der Waals surface area contributed by atoms with Crippen LogP contribution in [0.15, 0.2) is 30.3 Å². The van der Waals surface area contributed by atoms with Crippen molar-refractivity contribution in [2.75, 3.05) is 0 Å². The average molecular weight is 399 g/mol. The summed E-state index contributed by atoms with van der Waals surface area (Å²) in [5.74, 6) is -11.2. The van der Waals surface area contributed by atoms with Crippen LogP contribution < -0.4 is 4.74 Å². The number of aliphatic hydroxyl groups is 1. The van der Waals surface area contributed by atoms with E-state index in [-0.39, 0.29) is 11.3 Å². The molecule has 0 bridgehead atoms. The quantitative estimate of drug-likeness (QED) is 0.723. The Kier molecular flexibility index (Phi) is 3.46. The minimum absolute atomic E-state index is 0.120. The van der Waals surface area contributed by atoms with Gasteiger partial charge in [-0.05, 0) is 31.2 Å². The van der Waals surface area contributed by atoms with Crippen LogP contribution in [0.2, 0.25) is 0 Å². The predicted molar refractivity (Wildman–Crippen MR) is 83.4 cm³/mol. The van der Waals surface area contributed by atoms with Crippen molar-refractivity contribution < 1.29 is 36.2 Å². The molecule has 146 valence electrons. The van der Waals surface area contributed by atoms with Gasteiger partial charge in [-0.15, -0.1) is 0 Å². The first-order chi connectivity index (χ1) is 12.8. The summed E-state index contributed by atoms with van der Waals surface area (Å²) in [6, 6.07) is 6.07. The number of alkyl halides is 5. The Hall–Kier alpha value is -2.73. The summed E-state index contributed by atoms with van der Waals surface area (Å²) >= 11 is 0. The van der Waals surface area contributed by atoms with Crippen LogP contribution in [0.3, 0.4) is 0 Å². The molecule has 4 rings (SSSR count). The molecule has 0 aromatic heterocycles. The molecule has 0 saturated heterocycles. The summed E-state index contributed by atoms with van der Waals surface area (Å²) in [4.78, 5) is 0.